The number of fused-ring (bicyclic) bond motifs is 1. The quantitative estimate of drug-likeness (QED) is 0.944. The molecule has 0 bridgehead atoms. The molecule has 2 heterocycles. The minimum absolute atomic E-state index is 0.341. The average Bonchev–Trinajstić information content (AvgIpc) is 3.17. The van der Waals surface area contributed by atoms with Gasteiger partial charge in [0, 0.05) is 17.5 Å². The molecule has 1 atom stereocenters. The fraction of sp³-hybridized carbons (Fsp3) is 0.316. The molecule has 1 aliphatic carbocycles. The summed E-state index contributed by atoms with van der Waals surface area (Å²) in [5.74, 6) is -1.38. The normalized spacial score (nSPS) is 23.1. The van der Waals surface area contributed by atoms with Crippen LogP contribution in [0.3, 0.4) is 0 Å². The number of hydrogen-bond donors (Lipinski definition) is 1. The van der Waals surface area contributed by atoms with Crippen molar-refractivity contribution in [3.05, 3.63) is 65.5 Å². The van der Waals surface area contributed by atoms with Crippen molar-refractivity contribution < 1.29 is 9.94 Å². The van der Waals surface area contributed by atoms with E-state index in [4.69, 9.17) is 4.84 Å². The maximum absolute atomic E-state index is 10.8. The summed E-state index contributed by atoms with van der Waals surface area (Å²) in [6.07, 6.45) is 6.78. The van der Waals surface area contributed by atoms with Crippen LogP contribution < -0.4 is 0 Å². The molecule has 0 radical (unpaired) electrons. The first-order valence-electron chi connectivity index (χ1n) is 8.10. The van der Waals surface area contributed by atoms with Gasteiger partial charge in [-0.15, -0.1) is 0 Å². The van der Waals surface area contributed by atoms with Crippen LogP contribution >= 0.6 is 0 Å². The van der Waals surface area contributed by atoms with Crippen molar-refractivity contribution in [1.29, 1.82) is 0 Å². The van der Waals surface area contributed by atoms with Crippen molar-refractivity contribution in [2.45, 2.75) is 37.9 Å². The van der Waals surface area contributed by atoms with E-state index in [1.54, 1.807) is 0 Å². The highest BCUT2D eigenvalue weighted by molar-refractivity contribution is 6.01. The third kappa shape index (κ3) is 2.30. The second kappa shape index (κ2) is 5.39. The summed E-state index contributed by atoms with van der Waals surface area (Å²) in [5.41, 5.74) is 5.16. The second-order valence-corrected chi connectivity index (χ2v) is 6.22. The Morgan fingerprint density at radius 2 is 2.00 bits per heavy atom. The van der Waals surface area contributed by atoms with Crippen LogP contribution in [0.2, 0.25) is 0 Å². The largest absolute Gasteiger partial charge is 0.355 e. The van der Waals surface area contributed by atoms with E-state index < -0.39 is 5.79 Å². The minimum Gasteiger partial charge on any atom is -0.355 e. The number of aromatic nitrogens is 1. The SMILES string of the molecule is C=Cn1c(C2=NOC(O)(c3ccccc3)C2)cc2c1CCCC2. The summed E-state index contributed by atoms with van der Waals surface area (Å²) >= 11 is 0. The summed E-state index contributed by atoms with van der Waals surface area (Å²) in [5, 5.41) is 15.0. The molecule has 4 nitrogen and oxygen atoms in total. The number of aryl methyl sites for hydroxylation is 1. The Morgan fingerprint density at radius 3 is 2.78 bits per heavy atom. The summed E-state index contributed by atoms with van der Waals surface area (Å²) < 4.78 is 2.10. The molecule has 0 spiro atoms. The zero-order valence-corrected chi connectivity index (χ0v) is 13.0. The van der Waals surface area contributed by atoms with Crippen molar-refractivity contribution in [2.75, 3.05) is 0 Å². The molecule has 4 rings (SSSR count). The lowest BCUT2D eigenvalue weighted by Crippen LogP contribution is -2.25. The molecule has 4 heteroatoms. The van der Waals surface area contributed by atoms with Crippen molar-refractivity contribution in [3.8, 4) is 0 Å². The second-order valence-electron chi connectivity index (χ2n) is 6.22. The topological polar surface area (TPSA) is 46.8 Å². The van der Waals surface area contributed by atoms with E-state index in [1.165, 1.54) is 24.1 Å². The number of rotatable bonds is 3. The van der Waals surface area contributed by atoms with Gasteiger partial charge in [0.15, 0.2) is 0 Å². The average molecular weight is 308 g/mol. The molecule has 1 aromatic carbocycles. The molecule has 2 aromatic rings. The molecule has 1 unspecified atom stereocenters. The maximum Gasteiger partial charge on any atom is 0.266 e. The van der Waals surface area contributed by atoms with Crippen LogP contribution in [0.25, 0.3) is 6.20 Å². The third-order valence-corrected chi connectivity index (χ3v) is 4.76. The van der Waals surface area contributed by atoms with Gasteiger partial charge in [-0.2, -0.15) is 0 Å². The summed E-state index contributed by atoms with van der Waals surface area (Å²) in [7, 11) is 0. The van der Waals surface area contributed by atoms with Crippen LogP contribution in [-0.2, 0) is 23.5 Å². The molecule has 0 amide bonds. The van der Waals surface area contributed by atoms with Gasteiger partial charge in [0.1, 0.15) is 5.71 Å². The number of benzene rings is 1. The Labute approximate surface area is 135 Å². The van der Waals surface area contributed by atoms with E-state index in [2.05, 4.69) is 22.4 Å². The molecular weight excluding hydrogens is 288 g/mol. The van der Waals surface area contributed by atoms with Gasteiger partial charge in [-0.25, -0.2) is 0 Å². The molecule has 0 saturated carbocycles. The lowest BCUT2D eigenvalue weighted by Gasteiger charge is -2.19. The van der Waals surface area contributed by atoms with Crippen LogP contribution in [0.4, 0.5) is 0 Å². The highest BCUT2D eigenvalue weighted by atomic mass is 16.7. The molecular formula is C19H20N2O2. The van der Waals surface area contributed by atoms with Crippen LogP contribution in [0, 0.1) is 0 Å². The molecule has 1 aliphatic heterocycles. The van der Waals surface area contributed by atoms with Crippen LogP contribution in [0.5, 0.6) is 0 Å². The highest BCUT2D eigenvalue weighted by Gasteiger charge is 2.40. The van der Waals surface area contributed by atoms with E-state index in [0.717, 1.165) is 29.8 Å². The van der Waals surface area contributed by atoms with E-state index in [9.17, 15) is 5.11 Å². The van der Waals surface area contributed by atoms with Crippen molar-refractivity contribution in [1.82, 2.24) is 4.57 Å². The number of hydrogen-bond acceptors (Lipinski definition) is 3. The Balaban J connectivity index is 1.68. The first-order valence-corrected chi connectivity index (χ1v) is 8.10. The first kappa shape index (κ1) is 14.3. The molecule has 1 aromatic heterocycles. The third-order valence-electron chi connectivity index (χ3n) is 4.76. The van der Waals surface area contributed by atoms with Gasteiger partial charge >= 0.3 is 0 Å². The van der Waals surface area contributed by atoms with Gasteiger partial charge < -0.3 is 14.5 Å². The lowest BCUT2D eigenvalue weighted by atomic mass is 9.97. The van der Waals surface area contributed by atoms with Crippen molar-refractivity contribution >= 4 is 11.9 Å². The predicted molar refractivity (Wildman–Crippen MR) is 90.0 cm³/mol. The molecule has 2 aliphatic rings. The fourth-order valence-corrected chi connectivity index (χ4v) is 3.57. The Morgan fingerprint density at radius 1 is 1.22 bits per heavy atom. The van der Waals surface area contributed by atoms with Gasteiger partial charge in [-0.3, -0.25) is 0 Å². The van der Waals surface area contributed by atoms with Crippen LogP contribution in [0.15, 0.2) is 48.1 Å². The highest BCUT2D eigenvalue weighted by Crippen LogP contribution is 2.35. The van der Waals surface area contributed by atoms with Gasteiger partial charge in [-0.05, 0) is 37.3 Å². The molecule has 0 saturated heterocycles. The zero-order chi connectivity index (χ0) is 15.9. The molecule has 118 valence electrons. The standard InChI is InChI=1S/C19H20N2O2/c1-2-21-17-11-7-6-8-14(17)12-18(21)16-13-19(22,23-20-16)15-9-4-3-5-10-15/h2-5,9-10,12,22H,1,6-8,11,13H2. The monoisotopic (exact) mass is 308 g/mol. The molecule has 23 heavy (non-hydrogen) atoms. The van der Waals surface area contributed by atoms with Gasteiger partial charge in [-0.1, -0.05) is 42.1 Å². The van der Waals surface area contributed by atoms with Gasteiger partial charge in [0.2, 0.25) is 0 Å². The Kier molecular flexibility index (Phi) is 3.34. The van der Waals surface area contributed by atoms with Crippen molar-refractivity contribution in [3.63, 3.8) is 0 Å². The first-order chi connectivity index (χ1) is 11.2. The summed E-state index contributed by atoms with van der Waals surface area (Å²) in [6.45, 7) is 3.94. The number of aliphatic hydroxyl groups is 1. The summed E-state index contributed by atoms with van der Waals surface area (Å²) in [6, 6.07) is 11.6. The van der Waals surface area contributed by atoms with Gasteiger partial charge in [0.05, 0.1) is 12.1 Å². The smallest absolute Gasteiger partial charge is 0.266 e. The Bertz CT molecular complexity index is 776. The van der Waals surface area contributed by atoms with Crippen LogP contribution in [-0.4, -0.2) is 15.4 Å². The van der Waals surface area contributed by atoms with Crippen molar-refractivity contribution in [2.24, 2.45) is 5.16 Å². The minimum atomic E-state index is -1.38. The number of nitrogens with zero attached hydrogens (tertiary/aromatic N) is 2. The van der Waals surface area contributed by atoms with E-state index >= 15 is 0 Å². The predicted octanol–water partition coefficient (Wildman–Crippen LogP) is 3.44. The molecule has 0 fully saturated rings. The maximum atomic E-state index is 10.8. The van der Waals surface area contributed by atoms with Gasteiger partial charge in [0.25, 0.3) is 5.79 Å². The fourth-order valence-electron chi connectivity index (χ4n) is 3.57. The Hall–Kier alpha value is -2.33. The van der Waals surface area contributed by atoms with Crippen LogP contribution in [0.1, 0.15) is 41.8 Å². The van der Waals surface area contributed by atoms with E-state index in [1.807, 2.05) is 36.5 Å². The lowest BCUT2D eigenvalue weighted by molar-refractivity contribution is -0.193. The number of oxime groups is 1. The zero-order valence-electron chi connectivity index (χ0n) is 13.0. The summed E-state index contributed by atoms with van der Waals surface area (Å²) in [4.78, 5) is 5.42. The molecule has 1 N–H and O–H groups in total. The van der Waals surface area contributed by atoms with E-state index in [0.29, 0.717) is 6.42 Å². The van der Waals surface area contributed by atoms with E-state index in [-0.39, 0.29) is 0 Å².